The van der Waals surface area contributed by atoms with Crippen LogP contribution in [-0.2, 0) is 67.1 Å². The van der Waals surface area contributed by atoms with Crippen LogP contribution in [0.4, 0.5) is 0 Å². The first-order valence-electron chi connectivity index (χ1n) is 24.7. The number of hydroxylamine groups is 2. The molecule has 1 atom stereocenters. The third kappa shape index (κ3) is 25.0. The third-order valence-corrected chi connectivity index (χ3v) is 13.5. The molecule has 22 heteroatoms. The smallest absolute Gasteiger partial charge is 0.335 e. The Morgan fingerprint density at radius 3 is 1.89 bits per heavy atom. The first-order valence-corrected chi connectivity index (χ1v) is 27.0. The van der Waals surface area contributed by atoms with Gasteiger partial charge in [-0.05, 0) is 61.5 Å². The predicted octanol–water partition coefficient (Wildman–Crippen LogP) is 4.88. The van der Waals surface area contributed by atoms with E-state index in [-0.39, 0.29) is 81.6 Å². The molecule has 3 aliphatic rings. The lowest BCUT2D eigenvalue weighted by molar-refractivity contribution is -0.198. The number of carbonyl (C=O) groups is 12. The van der Waals surface area contributed by atoms with Crippen molar-refractivity contribution in [2.24, 2.45) is 5.92 Å². The summed E-state index contributed by atoms with van der Waals surface area (Å²) in [6.45, 7) is 3.27. The molecule has 4 heterocycles. The van der Waals surface area contributed by atoms with Gasteiger partial charge in [0.25, 0.3) is 35.4 Å². The van der Waals surface area contributed by atoms with Gasteiger partial charge in [-0.2, -0.15) is 0 Å². The second-order valence-corrected chi connectivity index (χ2v) is 19.5. The molecule has 0 unspecified atom stereocenters. The Hall–Kier alpha value is -5.87. The van der Waals surface area contributed by atoms with E-state index in [9.17, 15) is 57.5 Å². The van der Waals surface area contributed by atoms with Gasteiger partial charge >= 0.3 is 5.97 Å². The maximum atomic E-state index is 13.0. The largest absolute Gasteiger partial charge is 0.381 e. The van der Waals surface area contributed by atoms with Gasteiger partial charge in [0.2, 0.25) is 11.8 Å². The number of Topliss-reactive ketones (excluding diaryl/α,β-unsaturated/α-hetero) is 3. The Morgan fingerprint density at radius 2 is 1.24 bits per heavy atom. The lowest BCUT2D eigenvalue weighted by atomic mass is 9.94. The summed E-state index contributed by atoms with van der Waals surface area (Å²) >= 11 is 0. The fourth-order valence-corrected chi connectivity index (χ4v) is 9.15. The number of hydrogen-bond donors (Lipinski definition) is 2. The van der Waals surface area contributed by atoms with Gasteiger partial charge in [0.15, 0.2) is 0 Å². The summed E-state index contributed by atoms with van der Waals surface area (Å²) in [5.74, 6) is -3.61. The lowest BCUT2D eigenvalue weighted by Crippen LogP contribution is -2.35. The zero-order chi connectivity index (χ0) is 52.5. The second-order valence-electron chi connectivity index (χ2n) is 17.1. The second kappa shape index (κ2) is 35.3. The number of ether oxygens (including phenoxy) is 1. The Labute approximate surface area is 428 Å². The highest BCUT2D eigenvalue weighted by atomic mass is 33.1. The zero-order valence-electron chi connectivity index (χ0n) is 41.1. The Bertz CT molecular complexity index is 2050. The summed E-state index contributed by atoms with van der Waals surface area (Å²) in [5.41, 5.74) is 0. The average Bonchev–Trinajstić information content (AvgIpc) is 3.98. The molecule has 8 amide bonds. The van der Waals surface area contributed by atoms with Crippen molar-refractivity contribution in [1.29, 1.82) is 0 Å². The molecule has 0 aromatic carbocycles. The number of nitrogens with zero attached hydrogens (tertiary/aromatic N) is 4. The van der Waals surface area contributed by atoms with Crippen LogP contribution in [0, 0.1) is 5.92 Å². The van der Waals surface area contributed by atoms with Gasteiger partial charge in [-0.3, -0.25) is 62.5 Å². The number of amides is 8. The molecule has 1 aromatic heterocycles. The van der Waals surface area contributed by atoms with Crippen LogP contribution in [0.5, 0.6) is 0 Å². The minimum Gasteiger partial charge on any atom is -0.381 e. The average molecular weight is 1040 g/mol. The maximum Gasteiger partial charge on any atom is 0.335 e. The van der Waals surface area contributed by atoms with Crippen LogP contribution < -0.4 is 10.6 Å². The SMILES string of the molecule is CCCC(=O)CCCCCCCNC(=O)[C@H](CCCCNC(=O)CCN1C(=O)C=CC1=O)CC(=O)CCN1C(=O)C=CC1=O.O=C(CCCOCCC(=O)ON1C(=O)CCC1=O)CCSSc1ccccn1. The van der Waals surface area contributed by atoms with Gasteiger partial charge in [0.05, 0.1) is 13.0 Å². The lowest BCUT2D eigenvalue weighted by Gasteiger charge is -2.18. The van der Waals surface area contributed by atoms with Crippen LogP contribution in [-0.4, -0.2) is 136 Å². The van der Waals surface area contributed by atoms with E-state index >= 15 is 0 Å². The molecule has 1 fully saturated rings. The topological polar surface area (TPSA) is 270 Å². The molecule has 20 nitrogen and oxygen atoms in total. The Kier molecular flexibility index (Phi) is 29.6. The van der Waals surface area contributed by atoms with Gasteiger partial charge in [-0.15, -0.1) is 5.06 Å². The van der Waals surface area contributed by atoms with Gasteiger partial charge < -0.3 is 20.2 Å². The molecular formula is C50H68N6O14S2. The van der Waals surface area contributed by atoms with Crippen molar-refractivity contribution in [3.8, 4) is 0 Å². The summed E-state index contributed by atoms with van der Waals surface area (Å²) < 4.78 is 5.30. The summed E-state index contributed by atoms with van der Waals surface area (Å²) in [7, 11) is 3.15. The van der Waals surface area contributed by atoms with Crippen LogP contribution in [0.3, 0.4) is 0 Å². The number of nitrogens with one attached hydrogen (secondary N) is 2. The number of aromatic nitrogens is 1. The molecule has 4 rings (SSSR count). The number of imide groups is 3. The highest BCUT2D eigenvalue weighted by molar-refractivity contribution is 8.76. The van der Waals surface area contributed by atoms with Crippen LogP contribution >= 0.6 is 21.6 Å². The normalized spacial score (nSPS) is 14.5. The number of rotatable bonds is 37. The molecule has 3 aliphatic heterocycles. The van der Waals surface area contributed by atoms with Crippen molar-refractivity contribution in [1.82, 2.24) is 30.5 Å². The number of carbonyl (C=O) groups excluding carboxylic acids is 12. The van der Waals surface area contributed by atoms with Crippen LogP contribution in [0.15, 0.2) is 53.7 Å². The van der Waals surface area contributed by atoms with E-state index in [0.29, 0.717) is 81.9 Å². The number of ketones is 3. The number of pyridine rings is 1. The van der Waals surface area contributed by atoms with Gasteiger partial charge in [0, 0.05) is 133 Å². The summed E-state index contributed by atoms with van der Waals surface area (Å²) in [6, 6.07) is 5.71. The summed E-state index contributed by atoms with van der Waals surface area (Å²) in [4.78, 5) is 153. The fourth-order valence-electron chi connectivity index (χ4n) is 7.24. The van der Waals surface area contributed by atoms with E-state index in [4.69, 9.17) is 9.57 Å². The summed E-state index contributed by atoms with van der Waals surface area (Å²) in [6.07, 6.45) is 16.2. The molecule has 0 aliphatic carbocycles. The van der Waals surface area contributed by atoms with Gasteiger partial charge in [0.1, 0.15) is 22.4 Å². The van der Waals surface area contributed by atoms with E-state index in [1.807, 2.05) is 25.1 Å². The van der Waals surface area contributed by atoms with Crippen molar-refractivity contribution >= 4 is 92.2 Å². The van der Waals surface area contributed by atoms with E-state index < -0.39 is 47.3 Å². The van der Waals surface area contributed by atoms with Gasteiger partial charge in [-0.25, -0.2) is 9.78 Å². The minimum absolute atomic E-state index is 0.00414. The molecule has 0 spiro atoms. The third-order valence-electron chi connectivity index (χ3n) is 11.2. The minimum atomic E-state index is -0.692. The number of unbranched alkanes of at least 4 members (excludes halogenated alkanes) is 5. The fraction of sp³-hybridized carbons (Fsp3) is 0.580. The molecular weight excluding hydrogens is 973 g/mol. The van der Waals surface area contributed by atoms with Crippen LogP contribution in [0.25, 0.3) is 0 Å². The van der Waals surface area contributed by atoms with E-state index in [1.54, 1.807) is 27.8 Å². The van der Waals surface area contributed by atoms with Crippen LogP contribution in [0.2, 0.25) is 0 Å². The Morgan fingerprint density at radius 1 is 0.639 bits per heavy atom. The van der Waals surface area contributed by atoms with Crippen molar-refractivity contribution in [2.75, 3.05) is 45.1 Å². The molecule has 0 saturated carbocycles. The molecule has 394 valence electrons. The zero-order valence-corrected chi connectivity index (χ0v) is 42.7. The molecule has 1 saturated heterocycles. The summed E-state index contributed by atoms with van der Waals surface area (Å²) in [5, 5.41) is 7.11. The molecule has 0 bridgehead atoms. The molecule has 0 radical (unpaired) electrons. The predicted molar refractivity (Wildman–Crippen MR) is 266 cm³/mol. The molecule has 1 aromatic rings. The quantitative estimate of drug-likeness (QED) is 0.0511. The van der Waals surface area contributed by atoms with Crippen molar-refractivity contribution in [3.05, 3.63) is 48.7 Å². The monoisotopic (exact) mass is 1040 g/mol. The van der Waals surface area contributed by atoms with Crippen molar-refractivity contribution in [3.63, 3.8) is 0 Å². The highest BCUT2D eigenvalue weighted by Crippen LogP contribution is 2.29. The van der Waals surface area contributed by atoms with Crippen LogP contribution in [0.1, 0.15) is 135 Å². The Balaban J connectivity index is 0.000000419. The van der Waals surface area contributed by atoms with Gasteiger partial charge in [-0.1, -0.05) is 49.5 Å². The van der Waals surface area contributed by atoms with Crippen molar-refractivity contribution < 1.29 is 67.1 Å². The van der Waals surface area contributed by atoms with Crippen molar-refractivity contribution in [2.45, 2.75) is 140 Å². The number of hydrogen-bond acceptors (Lipinski definition) is 17. The molecule has 72 heavy (non-hydrogen) atoms. The van der Waals surface area contributed by atoms with E-state index in [2.05, 4.69) is 15.6 Å². The first-order chi connectivity index (χ1) is 34.7. The highest BCUT2D eigenvalue weighted by Gasteiger charge is 2.33. The van der Waals surface area contributed by atoms with E-state index in [1.165, 1.54) is 12.2 Å². The standard InChI is InChI=1S/C32H46N4O8.C18H22N2O6S2/c1-2-10-25(37)12-6-4-3-5-8-20-34-32(44)24(23-26(38)17-21-35-28(40)13-14-29(35)41)11-7-9-19-33-27(39)18-22-36-30(42)15-16-31(36)43;21-14(9-13-27-28-15-5-1-2-10-19-15)4-3-11-25-12-8-18(24)26-20-16(22)6-7-17(20)23/h13-16,24H,2-12,17-23H2,1H3,(H,33,39)(H,34,44);1-2,5,10H,3-4,6-9,11-13H2/t24-;/m1./s1. The molecule has 2 N–H and O–H groups in total. The maximum absolute atomic E-state index is 13.0. The van der Waals surface area contributed by atoms with E-state index in [0.717, 1.165) is 71.3 Å². The first kappa shape index (κ1) is 60.4.